The van der Waals surface area contributed by atoms with Crippen molar-refractivity contribution in [3.63, 3.8) is 0 Å². The van der Waals surface area contributed by atoms with Crippen LogP contribution in [0.1, 0.15) is 64.5 Å². The first-order valence-electron chi connectivity index (χ1n) is 17.3. The fraction of sp³-hybridized carbons (Fsp3) is 0.333. The minimum atomic E-state index is -0.388. The van der Waals surface area contributed by atoms with Gasteiger partial charge < -0.3 is 10.6 Å². The lowest BCUT2D eigenvalue weighted by molar-refractivity contribution is -0.156. The molecule has 2 fully saturated rings. The van der Waals surface area contributed by atoms with Crippen LogP contribution in [0.4, 0.5) is 11.4 Å². The van der Waals surface area contributed by atoms with Gasteiger partial charge in [-0.15, -0.1) is 0 Å². The Hall–Kier alpha value is -5.24. The van der Waals surface area contributed by atoms with Crippen LogP contribution in [0.15, 0.2) is 121 Å². The van der Waals surface area contributed by atoms with E-state index >= 15 is 0 Å². The van der Waals surface area contributed by atoms with Gasteiger partial charge in [-0.05, 0) is 46.2 Å². The van der Waals surface area contributed by atoms with E-state index in [1.807, 2.05) is 149 Å². The van der Waals surface area contributed by atoms with Crippen LogP contribution in [0, 0.1) is 10.8 Å². The topological polar surface area (TPSA) is 98.8 Å². The van der Waals surface area contributed by atoms with Crippen molar-refractivity contribution in [3.8, 4) is 0 Å². The zero-order valence-corrected chi connectivity index (χ0v) is 29.5. The minimum Gasteiger partial charge on any atom is -0.364 e. The number of benzene rings is 4. The number of imide groups is 2. The molecule has 2 aliphatic rings. The van der Waals surface area contributed by atoms with Crippen LogP contribution >= 0.6 is 0 Å². The van der Waals surface area contributed by atoms with Crippen molar-refractivity contribution in [2.75, 3.05) is 10.6 Å². The molecule has 2 atom stereocenters. The van der Waals surface area contributed by atoms with Gasteiger partial charge in [0.25, 0.3) is 0 Å². The third kappa shape index (κ3) is 9.91. The Balaban J connectivity index is 0.000000194. The number of para-hydroxylation sites is 2. The predicted octanol–water partition coefficient (Wildman–Crippen LogP) is 7.69. The molecule has 2 unspecified atom stereocenters. The van der Waals surface area contributed by atoms with Crippen molar-refractivity contribution in [3.05, 3.63) is 132 Å². The van der Waals surface area contributed by atoms with Gasteiger partial charge in [0, 0.05) is 49.9 Å². The van der Waals surface area contributed by atoms with Gasteiger partial charge >= 0.3 is 0 Å². The molecule has 4 aromatic rings. The van der Waals surface area contributed by atoms with Gasteiger partial charge in [-0.3, -0.25) is 29.0 Å². The molecular weight excluding hydrogens is 624 g/mol. The Kier molecular flexibility index (Phi) is 11.5. The molecule has 0 bridgehead atoms. The molecule has 4 aromatic carbocycles. The maximum atomic E-state index is 12.7. The van der Waals surface area contributed by atoms with Gasteiger partial charge in [0.2, 0.25) is 23.6 Å². The van der Waals surface area contributed by atoms with Crippen LogP contribution in [0.5, 0.6) is 0 Å². The zero-order chi connectivity index (χ0) is 35.7. The molecule has 0 aliphatic carbocycles. The highest BCUT2D eigenvalue weighted by Gasteiger charge is 2.42. The van der Waals surface area contributed by atoms with Crippen LogP contribution in [0.3, 0.4) is 0 Å². The maximum absolute atomic E-state index is 12.7. The second-order valence-electron chi connectivity index (χ2n) is 14.8. The van der Waals surface area contributed by atoms with E-state index in [1.54, 1.807) is 0 Å². The molecule has 6 rings (SSSR count). The summed E-state index contributed by atoms with van der Waals surface area (Å²) in [6, 6.07) is 39.3. The summed E-state index contributed by atoms with van der Waals surface area (Å²) < 4.78 is 0. The number of hydrogen-bond donors (Lipinski definition) is 2. The summed E-state index contributed by atoms with van der Waals surface area (Å²) in [6.07, 6.45) is 1.94. The van der Waals surface area contributed by atoms with E-state index in [0.29, 0.717) is 38.5 Å². The van der Waals surface area contributed by atoms with Crippen molar-refractivity contribution in [2.45, 2.75) is 78.6 Å². The quantitative estimate of drug-likeness (QED) is 0.168. The first-order chi connectivity index (χ1) is 23.9. The minimum absolute atomic E-state index is 0.106. The molecule has 0 saturated carbocycles. The van der Waals surface area contributed by atoms with Gasteiger partial charge in [0.15, 0.2) is 0 Å². The Bertz CT molecular complexity index is 1490. The zero-order valence-electron chi connectivity index (χ0n) is 29.5. The Morgan fingerprint density at radius 3 is 1.00 bits per heavy atom. The summed E-state index contributed by atoms with van der Waals surface area (Å²) in [5.41, 5.74) is 3.43. The number of nitrogens with one attached hydrogen (secondary N) is 2. The smallest absolute Gasteiger partial charge is 0.231 e. The van der Waals surface area contributed by atoms with Gasteiger partial charge in [0.05, 0.1) is 0 Å². The summed E-state index contributed by atoms with van der Waals surface area (Å²) in [5.74, 6) is -0.424. The fourth-order valence-electron chi connectivity index (χ4n) is 6.62. The van der Waals surface area contributed by atoms with E-state index in [0.717, 1.165) is 22.5 Å². The van der Waals surface area contributed by atoms with Crippen LogP contribution in [0.2, 0.25) is 0 Å². The molecule has 50 heavy (non-hydrogen) atoms. The van der Waals surface area contributed by atoms with Crippen LogP contribution in [-0.2, 0) is 32.0 Å². The number of anilines is 2. The molecule has 0 radical (unpaired) electrons. The average Bonchev–Trinajstić information content (AvgIpc) is 3.05. The second kappa shape index (κ2) is 16.0. The molecule has 4 amide bonds. The van der Waals surface area contributed by atoms with Crippen molar-refractivity contribution < 1.29 is 19.2 Å². The number of amides is 4. The molecule has 0 aromatic heterocycles. The van der Waals surface area contributed by atoms with Crippen LogP contribution < -0.4 is 10.6 Å². The number of likely N-dealkylation sites (tertiary alicyclic amines) is 2. The Morgan fingerprint density at radius 2 is 0.720 bits per heavy atom. The number of nitrogens with zero attached hydrogens (tertiary/aromatic N) is 2. The predicted molar refractivity (Wildman–Crippen MR) is 198 cm³/mol. The second-order valence-corrected chi connectivity index (χ2v) is 14.8. The van der Waals surface area contributed by atoms with E-state index in [9.17, 15) is 19.2 Å². The summed E-state index contributed by atoms with van der Waals surface area (Å²) in [6.45, 7) is 7.88. The van der Waals surface area contributed by atoms with E-state index in [-0.39, 0.29) is 46.8 Å². The highest BCUT2D eigenvalue weighted by Crippen LogP contribution is 2.34. The SMILES string of the molecule is CC1(C)CC(=O)N(C(Cc2ccccc2)Nc2ccccc2)C(=O)C1.CC1(C)CC(=O)N(C(Cc2ccccc2)Nc2ccccc2)C(=O)C1. The molecule has 2 N–H and O–H groups in total. The van der Waals surface area contributed by atoms with Gasteiger partial charge in [-0.1, -0.05) is 125 Å². The monoisotopic (exact) mass is 672 g/mol. The molecule has 2 heterocycles. The Morgan fingerprint density at radius 1 is 0.460 bits per heavy atom. The summed E-state index contributed by atoms with van der Waals surface area (Å²) >= 11 is 0. The first kappa shape index (κ1) is 36.1. The van der Waals surface area contributed by atoms with Crippen molar-refractivity contribution >= 4 is 35.0 Å². The molecule has 260 valence electrons. The first-order valence-corrected chi connectivity index (χ1v) is 17.3. The number of hydrogen-bond acceptors (Lipinski definition) is 6. The lowest BCUT2D eigenvalue weighted by Gasteiger charge is -2.39. The average molecular weight is 673 g/mol. The number of piperidine rings is 2. The van der Waals surface area contributed by atoms with Gasteiger partial charge in [0.1, 0.15) is 12.3 Å². The van der Waals surface area contributed by atoms with Crippen LogP contribution in [-0.4, -0.2) is 45.8 Å². The highest BCUT2D eigenvalue weighted by atomic mass is 16.2. The molecule has 2 aliphatic heterocycles. The number of rotatable bonds is 10. The molecular formula is C42H48N4O4. The van der Waals surface area contributed by atoms with Gasteiger partial charge in [-0.25, -0.2) is 0 Å². The lowest BCUT2D eigenvalue weighted by Crippen LogP contribution is -2.54. The van der Waals surface area contributed by atoms with Crippen LogP contribution in [0.25, 0.3) is 0 Å². The third-order valence-corrected chi connectivity index (χ3v) is 8.98. The highest BCUT2D eigenvalue weighted by molar-refractivity contribution is 5.99. The standard InChI is InChI=1S/2C21H24N2O2/c2*1-21(2)14-19(24)23(20(25)15-21)18(13-16-9-5-3-6-10-16)22-17-11-7-4-8-12-17/h2*3-12,18,22H,13-15H2,1-2H3. The largest absolute Gasteiger partial charge is 0.364 e. The van der Waals surface area contributed by atoms with E-state index in [1.165, 1.54) is 9.80 Å². The van der Waals surface area contributed by atoms with E-state index in [4.69, 9.17) is 0 Å². The Labute approximate surface area is 295 Å². The van der Waals surface area contributed by atoms with Crippen molar-refractivity contribution in [2.24, 2.45) is 10.8 Å². The van der Waals surface area contributed by atoms with Gasteiger partial charge in [-0.2, -0.15) is 0 Å². The maximum Gasteiger partial charge on any atom is 0.231 e. The summed E-state index contributed by atoms with van der Waals surface area (Å²) in [4.78, 5) is 53.7. The summed E-state index contributed by atoms with van der Waals surface area (Å²) in [7, 11) is 0. The lowest BCUT2D eigenvalue weighted by atomic mass is 9.81. The number of carbonyl (C=O) groups excluding carboxylic acids is 4. The molecule has 2 saturated heterocycles. The van der Waals surface area contributed by atoms with E-state index in [2.05, 4.69) is 10.6 Å². The van der Waals surface area contributed by atoms with E-state index < -0.39 is 0 Å². The van der Waals surface area contributed by atoms with Crippen molar-refractivity contribution in [1.82, 2.24) is 9.80 Å². The number of carbonyl (C=O) groups is 4. The molecule has 0 spiro atoms. The summed E-state index contributed by atoms with van der Waals surface area (Å²) in [5, 5.41) is 6.74. The third-order valence-electron chi connectivity index (χ3n) is 8.98. The fourth-order valence-corrected chi connectivity index (χ4v) is 6.62. The molecule has 8 nitrogen and oxygen atoms in total. The normalized spacial score (nSPS) is 18.1. The molecule has 8 heteroatoms. The van der Waals surface area contributed by atoms with Crippen molar-refractivity contribution in [1.29, 1.82) is 0 Å².